The van der Waals surface area contributed by atoms with Crippen molar-refractivity contribution in [2.45, 2.75) is 71.8 Å². The van der Waals surface area contributed by atoms with Crippen LogP contribution in [0.2, 0.25) is 0 Å². The predicted octanol–water partition coefficient (Wildman–Crippen LogP) is 5.60. The zero-order chi connectivity index (χ0) is 21.6. The van der Waals surface area contributed by atoms with Gasteiger partial charge in [0.1, 0.15) is 11.9 Å². The van der Waals surface area contributed by atoms with Crippen LogP contribution in [0, 0.1) is 28.6 Å². The van der Waals surface area contributed by atoms with E-state index in [9.17, 15) is 4.79 Å². The summed E-state index contributed by atoms with van der Waals surface area (Å²) in [6.07, 6.45) is 13.9. The Kier molecular flexibility index (Phi) is 5.26. The van der Waals surface area contributed by atoms with Crippen molar-refractivity contribution in [2.24, 2.45) is 28.6 Å². The number of hydrogen-bond acceptors (Lipinski definition) is 4. The number of nitrogens with one attached hydrogen (secondary N) is 1. The summed E-state index contributed by atoms with van der Waals surface area (Å²) in [5.74, 6) is 2.85. The Bertz CT molecular complexity index is 883. The molecule has 1 aromatic rings. The maximum absolute atomic E-state index is 12.0. The second-order valence-corrected chi connectivity index (χ2v) is 10.6. The highest BCUT2D eigenvalue weighted by Crippen LogP contribution is 2.65. The molecule has 0 aromatic carbocycles. The average Bonchev–Trinajstić information content (AvgIpc) is 3.03. The van der Waals surface area contributed by atoms with Crippen molar-refractivity contribution >= 4 is 11.7 Å². The third-order valence-corrected chi connectivity index (χ3v) is 9.04. The average molecular weight is 425 g/mol. The Morgan fingerprint density at radius 1 is 1.19 bits per heavy atom. The Hall–Kier alpha value is -2.04. The molecule has 5 heteroatoms. The lowest BCUT2D eigenvalue weighted by Crippen LogP contribution is -2.53. The number of amides is 1. The maximum atomic E-state index is 12.0. The summed E-state index contributed by atoms with van der Waals surface area (Å²) in [6, 6.07) is 2.18. The Labute approximate surface area is 186 Å². The number of allylic oxidation sites excluding steroid dienone is 2. The van der Waals surface area contributed by atoms with Crippen LogP contribution in [0.25, 0.3) is 5.57 Å². The third-order valence-electron chi connectivity index (χ3n) is 9.04. The van der Waals surface area contributed by atoms with Crippen LogP contribution in [0.3, 0.4) is 0 Å². The molecule has 1 N–H and O–H groups in total. The molecule has 5 rings (SSSR count). The first kappa shape index (κ1) is 20.8. The SMILES string of the molecule is CCCOc1cncc(C2=CCC3C4CCC5OC(=O)NCCC5(C)C4CCC23C)c1. The van der Waals surface area contributed by atoms with Crippen LogP contribution in [0.5, 0.6) is 5.75 Å². The molecule has 0 spiro atoms. The number of alkyl carbamates (subject to hydrolysis) is 1. The zero-order valence-corrected chi connectivity index (χ0v) is 19.2. The smallest absolute Gasteiger partial charge is 0.407 e. The van der Waals surface area contributed by atoms with Crippen molar-refractivity contribution in [3.63, 3.8) is 0 Å². The Morgan fingerprint density at radius 2 is 2.06 bits per heavy atom. The van der Waals surface area contributed by atoms with Crippen molar-refractivity contribution in [3.8, 4) is 5.75 Å². The van der Waals surface area contributed by atoms with E-state index >= 15 is 0 Å². The number of ether oxygens (including phenoxy) is 2. The maximum Gasteiger partial charge on any atom is 0.407 e. The van der Waals surface area contributed by atoms with Gasteiger partial charge in [-0.05, 0) is 85.3 Å². The molecule has 1 amide bonds. The fourth-order valence-corrected chi connectivity index (χ4v) is 7.45. The van der Waals surface area contributed by atoms with Gasteiger partial charge in [-0.1, -0.05) is 26.8 Å². The minimum Gasteiger partial charge on any atom is -0.492 e. The Balaban J connectivity index is 1.40. The van der Waals surface area contributed by atoms with E-state index in [0.717, 1.165) is 51.0 Å². The van der Waals surface area contributed by atoms with Crippen LogP contribution in [0.1, 0.15) is 71.3 Å². The number of hydrogen-bond donors (Lipinski definition) is 1. The molecule has 1 aliphatic heterocycles. The molecule has 0 bridgehead atoms. The van der Waals surface area contributed by atoms with Gasteiger partial charge in [-0.2, -0.15) is 0 Å². The van der Waals surface area contributed by atoms with Gasteiger partial charge in [-0.25, -0.2) is 4.79 Å². The number of rotatable bonds is 4. The molecule has 3 aliphatic carbocycles. The van der Waals surface area contributed by atoms with E-state index in [0.29, 0.717) is 17.8 Å². The van der Waals surface area contributed by atoms with Crippen LogP contribution in [0.15, 0.2) is 24.5 Å². The summed E-state index contributed by atoms with van der Waals surface area (Å²) in [6.45, 7) is 8.46. The predicted molar refractivity (Wildman–Crippen MR) is 121 cm³/mol. The fraction of sp³-hybridized carbons (Fsp3) is 0.692. The van der Waals surface area contributed by atoms with E-state index in [1.165, 1.54) is 24.0 Å². The largest absolute Gasteiger partial charge is 0.492 e. The molecule has 1 saturated heterocycles. The van der Waals surface area contributed by atoms with Crippen LogP contribution in [-0.2, 0) is 4.74 Å². The normalized spacial score (nSPS) is 39.2. The standard InChI is InChI=1S/C26H36N2O3/c1-4-13-30-18-14-17(15-27-16-18)20-6-7-21-19-5-8-23-26(3,11-12-28-24(29)31-23)22(19)9-10-25(20,21)2/h6,14-16,19,21-23H,4-5,7-13H2,1-3H3,(H,28,29). The van der Waals surface area contributed by atoms with E-state index in [1.807, 2.05) is 12.4 Å². The molecule has 2 saturated carbocycles. The second-order valence-electron chi connectivity index (χ2n) is 10.6. The second kappa shape index (κ2) is 7.83. The minimum atomic E-state index is -0.227. The van der Waals surface area contributed by atoms with Gasteiger partial charge in [-0.15, -0.1) is 0 Å². The monoisotopic (exact) mass is 424 g/mol. The molecule has 4 aliphatic rings. The number of carbonyl (C=O) groups excluding carboxylic acids is 1. The van der Waals surface area contributed by atoms with Gasteiger partial charge < -0.3 is 14.8 Å². The van der Waals surface area contributed by atoms with E-state index < -0.39 is 0 Å². The summed E-state index contributed by atoms with van der Waals surface area (Å²) in [5, 5.41) is 2.93. The fourth-order valence-electron chi connectivity index (χ4n) is 7.45. The van der Waals surface area contributed by atoms with E-state index in [-0.39, 0.29) is 23.0 Å². The molecule has 3 fully saturated rings. The molecule has 0 radical (unpaired) electrons. The molecular weight excluding hydrogens is 388 g/mol. The number of carbonyl (C=O) groups is 1. The molecule has 2 heterocycles. The number of nitrogens with zero attached hydrogens (tertiary/aromatic N) is 1. The lowest BCUT2D eigenvalue weighted by molar-refractivity contribution is -0.113. The molecular formula is C26H36N2O3. The first-order chi connectivity index (χ1) is 15.0. The van der Waals surface area contributed by atoms with E-state index in [2.05, 4.69) is 43.2 Å². The van der Waals surface area contributed by atoms with Crippen LogP contribution >= 0.6 is 0 Å². The molecule has 168 valence electrons. The van der Waals surface area contributed by atoms with Crippen LogP contribution < -0.4 is 10.1 Å². The molecule has 5 nitrogen and oxygen atoms in total. The third kappa shape index (κ3) is 3.35. The Morgan fingerprint density at radius 3 is 2.90 bits per heavy atom. The van der Waals surface area contributed by atoms with Crippen molar-refractivity contribution in [2.75, 3.05) is 13.2 Å². The van der Waals surface area contributed by atoms with Gasteiger partial charge in [0, 0.05) is 18.2 Å². The molecule has 6 atom stereocenters. The number of pyridine rings is 1. The van der Waals surface area contributed by atoms with E-state index in [1.54, 1.807) is 0 Å². The number of aromatic nitrogens is 1. The molecule has 31 heavy (non-hydrogen) atoms. The highest BCUT2D eigenvalue weighted by Gasteiger charge is 2.59. The highest BCUT2D eigenvalue weighted by atomic mass is 16.6. The quantitative estimate of drug-likeness (QED) is 0.683. The lowest BCUT2D eigenvalue weighted by Gasteiger charge is -2.57. The first-order valence-corrected chi connectivity index (χ1v) is 12.2. The van der Waals surface area contributed by atoms with Crippen molar-refractivity contribution < 1.29 is 14.3 Å². The lowest BCUT2D eigenvalue weighted by atomic mass is 9.48. The summed E-state index contributed by atoms with van der Waals surface area (Å²) in [7, 11) is 0. The van der Waals surface area contributed by atoms with Gasteiger partial charge in [0.15, 0.2) is 0 Å². The highest BCUT2D eigenvalue weighted by molar-refractivity contribution is 5.73. The summed E-state index contributed by atoms with van der Waals surface area (Å²) >= 11 is 0. The summed E-state index contributed by atoms with van der Waals surface area (Å²) < 4.78 is 11.7. The molecule has 6 unspecified atom stereocenters. The summed E-state index contributed by atoms with van der Waals surface area (Å²) in [4.78, 5) is 16.5. The summed E-state index contributed by atoms with van der Waals surface area (Å²) in [5.41, 5.74) is 2.97. The van der Waals surface area contributed by atoms with E-state index in [4.69, 9.17) is 9.47 Å². The van der Waals surface area contributed by atoms with Crippen molar-refractivity contribution in [1.82, 2.24) is 10.3 Å². The van der Waals surface area contributed by atoms with Gasteiger partial charge in [-0.3, -0.25) is 4.98 Å². The first-order valence-electron chi connectivity index (χ1n) is 12.2. The van der Waals surface area contributed by atoms with Gasteiger partial charge in [0.05, 0.1) is 12.8 Å². The molecule has 1 aromatic heterocycles. The number of fused-ring (bicyclic) bond motifs is 5. The van der Waals surface area contributed by atoms with Gasteiger partial charge >= 0.3 is 6.09 Å². The minimum absolute atomic E-state index is 0.0611. The van der Waals surface area contributed by atoms with Crippen molar-refractivity contribution in [1.29, 1.82) is 0 Å². The van der Waals surface area contributed by atoms with Gasteiger partial charge in [0.25, 0.3) is 0 Å². The zero-order valence-electron chi connectivity index (χ0n) is 19.2. The van der Waals surface area contributed by atoms with Crippen molar-refractivity contribution in [3.05, 3.63) is 30.1 Å². The van der Waals surface area contributed by atoms with Crippen LogP contribution in [0.4, 0.5) is 4.79 Å². The topological polar surface area (TPSA) is 60.5 Å². The van der Waals surface area contributed by atoms with Crippen LogP contribution in [-0.4, -0.2) is 30.3 Å². The van der Waals surface area contributed by atoms with Gasteiger partial charge in [0.2, 0.25) is 0 Å².